The van der Waals surface area contributed by atoms with E-state index in [2.05, 4.69) is 36.3 Å². The highest BCUT2D eigenvalue weighted by Gasteiger charge is 2.34. The zero-order valence-electron chi connectivity index (χ0n) is 13.5. The Morgan fingerprint density at radius 3 is 2.91 bits per heavy atom. The zero-order valence-corrected chi connectivity index (χ0v) is 14.3. The summed E-state index contributed by atoms with van der Waals surface area (Å²) in [5.41, 5.74) is 0. The summed E-state index contributed by atoms with van der Waals surface area (Å²) in [4.78, 5) is 25.9. The lowest BCUT2D eigenvalue weighted by molar-refractivity contribution is -0.128. The number of carbonyl (C=O) groups excluding carboxylic acids is 2. The Hall–Kier alpha value is -1.50. The van der Waals surface area contributed by atoms with Crippen molar-refractivity contribution in [2.24, 2.45) is 11.8 Å². The van der Waals surface area contributed by atoms with E-state index in [0.29, 0.717) is 24.0 Å². The Labute approximate surface area is 135 Å². The maximum Gasteiger partial charge on any atom is 0.231 e. The van der Waals surface area contributed by atoms with Gasteiger partial charge in [-0.2, -0.15) is 0 Å². The standard InChI is InChI=1S/C15H24N4O2S/c1-4-5-6-19-9-11(8-13(19)20)14(21)16-15-18-17-12(22-15)7-10(2)3/h10-11H,4-9H2,1-3H3,(H,16,18,21)/t11-/m1/s1. The molecule has 6 nitrogen and oxygen atoms in total. The van der Waals surface area contributed by atoms with Crippen molar-refractivity contribution >= 4 is 28.3 Å². The van der Waals surface area contributed by atoms with Crippen LogP contribution in [0.15, 0.2) is 0 Å². The summed E-state index contributed by atoms with van der Waals surface area (Å²) >= 11 is 1.41. The van der Waals surface area contributed by atoms with Crippen molar-refractivity contribution in [3.8, 4) is 0 Å². The van der Waals surface area contributed by atoms with E-state index >= 15 is 0 Å². The maximum atomic E-state index is 12.3. The van der Waals surface area contributed by atoms with Gasteiger partial charge in [0.2, 0.25) is 16.9 Å². The topological polar surface area (TPSA) is 75.2 Å². The van der Waals surface area contributed by atoms with E-state index in [9.17, 15) is 9.59 Å². The van der Waals surface area contributed by atoms with Crippen LogP contribution in [0.2, 0.25) is 0 Å². The van der Waals surface area contributed by atoms with Crippen LogP contribution >= 0.6 is 11.3 Å². The number of anilines is 1. The molecule has 0 aromatic carbocycles. The molecule has 1 fully saturated rings. The number of aromatic nitrogens is 2. The van der Waals surface area contributed by atoms with E-state index < -0.39 is 0 Å². The largest absolute Gasteiger partial charge is 0.342 e. The monoisotopic (exact) mass is 324 g/mol. The number of hydrogen-bond donors (Lipinski definition) is 1. The van der Waals surface area contributed by atoms with E-state index in [-0.39, 0.29) is 17.7 Å². The predicted molar refractivity (Wildman–Crippen MR) is 86.7 cm³/mol. The van der Waals surface area contributed by atoms with Gasteiger partial charge in [0.05, 0.1) is 5.92 Å². The molecule has 122 valence electrons. The number of unbranched alkanes of at least 4 members (excludes halogenated alkanes) is 1. The van der Waals surface area contributed by atoms with Crippen LogP contribution in [0.1, 0.15) is 45.0 Å². The van der Waals surface area contributed by atoms with Gasteiger partial charge in [-0.25, -0.2) is 0 Å². The van der Waals surface area contributed by atoms with E-state index in [1.54, 1.807) is 4.90 Å². The first-order chi connectivity index (χ1) is 10.5. The molecule has 22 heavy (non-hydrogen) atoms. The third kappa shape index (κ3) is 4.50. The average molecular weight is 324 g/mol. The Kier molecular flexibility index (Phi) is 5.88. The zero-order chi connectivity index (χ0) is 16.1. The minimum absolute atomic E-state index is 0.0753. The first-order valence-electron chi connectivity index (χ1n) is 7.90. The van der Waals surface area contributed by atoms with Gasteiger partial charge in [0.1, 0.15) is 5.01 Å². The Bertz CT molecular complexity index is 529. The van der Waals surface area contributed by atoms with Crippen molar-refractivity contribution in [2.45, 2.75) is 46.5 Å². The molecule has 1 aromatic rings. The van der Waals surface area contributed by atoms with Crippen molar-refractivity contribution in [3.63, 3.8) is 0 Å². The molecule has 1 N–H and O–H groups in total. The molecule has 0 saturated carbocycles. The number of hydrogen-bond acceptors (Lipinski definition) is 5. The third-order valence-electron chi connectivity index (χ3n) is 3.65. The highest BCUT2D eigenvalue weighted by Crippen LogP contribution is 2.22. The van der Waals surface area contributed by atoms with Crippen LogP contribution in [0.4, 0.5) is 5.13 Å². The number of rotatable bonds is 7. The van der Waals surface area contributed by atoms with Gasteiger partial charge in [-0.05, 0) is 12.3 Å². The summed E-state index contributed by atoms with van der Waals surface area (Å²) in [5.74, 6) is 0.184. The van der Waals surface area contributed by atoms with Gasteiger partial charge in [-0.1, -0.05) is 38.5 Å². The van der Waals surface area contributed by atoms with Gasteiger partial charge in [0.15, 0.2) is 0 Å². The van der Waals surface area contributed by atoms with Gasteiger partial charge in [-0.15, -0.1) is 10.2 Å². The van der Waals surface area contributed by atoms with Crippen LogP contribution in [0, 0.1) is 11.8 Å². The summed E-state index contributed by atoms with van der Waals surface area (Å²) in [6.45, 7) is 7.59. The average Bonchev–Trinajstić information content (AvgIpc) is 3.03. The van der Waals surface area contributed by atoms with Gasteiger partial charge < -0.3 is 10.2 Å². The first kappa shape index (κ1) is 16.9. The summed E-state index contributed by atoms with van der Waals surface area (Å²) in [6, 6.07) is 0. The van der Waals surface area contributed by atoms with E-state index in [0.717, 1.165) is 30.8 Å². The second-order valence-corrected chi connectivity index (χ2v) is 7.24. The Balaban J connectivity index is 1.87. The summed E-state index contributed by atoms with van der Waals surface area (Å²) in [7, 11) is 0. The molecule has 2 heterocycles. The molecule has 1 aromatic heterocycles. The Morgan fingerprint density at radius 1 is 1.45 bits per heavy atom. The van der Waals surface area contributed by atoms with Crippen molar-refractivity contribution in [2.75, 3.05) is 18.4 Å². The van der Waals surface area contributed by atoms with Crippen LogP contribution in [-0.4, -0.2) is 40.0 Å². The molecular weight excluding hydrogens is 300 g/mol. The molecule has 0 aliphatic carbocycles. The highest BCUT2D eigenvalue weighted by molar-refractivity contribution is 7.15. The molecule has 0 bridgehead atoms. The van der Waals surface area contributed by atoms with Gasteiger partial charge in [0.25, 0.3) is 0 Å². The van der Waals surface area contributed by atoms with Crippen molar-refractivity contribution < 1.29 is 9.59 Å². The van der Waals surface area contributed by atoms with Crippen LogP contribution < -0.4 is 5.32 Å². The molecular formula is C15H24N4O2S. The predicted octanol–water partition coefficient (Wildman–Crippen LogP) is 2.32. The summed E-state index contributed by atoms with van der Waals surface area (Å²) in [5, 5.41) is 12.3. The number of likely N-dealkylation sites (tertiary alicyclic amines) is 1. The Morgan fingerprint density at radius 2 is 2.23 bits per heavy atom. The third-order valence-corrected chi connectivity index (χ3v) is 4.51. The van der Waals surface area contributed by atoms with Gasteiger partial charge in [-0.3, -0.25) is 9.59 Å². The van der Waals surface area contributed by atoms with E-state index in [4.69, 9.17) is 0 Å². The number of nitrogens with one attached hydrogen (secondary N) is 1. The maximum absolute atomic E-state index is 12.3. The number of nitrogens with zero attached hydrogens (tertiary/aromatic N) is 3. The number of amides is 2. The minimum Gasteiger partial charge on any atom is -0.342 e. The number of carbonyl (C=O) groups is 2. The van der Waals surface area contributed by atoms with Crippen molar-refractivity contribution in [1.82, 2.24) is 15.1 Å². The minimum atomic E-state index is -0.276. The lowest BCUT2D eigenvalue weighted by Crippen LogP contribution is -2.29. The molecule has 1 saturated heterocycles. The summed E-state index contributed by atoms with van der Waals surface area (Å²) < 4.78 is 0. The molecule has 1 aliphatic heterocycles. The smallest absolute Gasteiger partial charge is 0.231 e. The molecule has 0 unspecified atom stereocenters. The van der Waals surface area contributed by atoms with Crippen molar-refractivity contribution in [3.05, 3.63) is 5.01 Å². The molecule has 1 atom stereocenters. The molecule has 2 rings (SSSR count). The van der Waals surface area contributed by atoms with Crippen molar-refractivity contribution in [1.29, 1.82) is 0 Å². The SMILES string of the molecule is CCCCN1C[C@H](C(=O)Nc2nnc(CC(C)C)s2)CC1=O. The van der Waals surface area contributed by atoms with Crippen LogP contribution in [0.25, 0.3) is 0 Å². The lowest BCUT2D eigenvalue weighted by Gasteiger charge is -2.15. The van der Waals surface area contributed by atoms with Crippen LogP contribution in [0.5, 0.6) is 0 Å². The lowest BCUT2D eigenvalue weighted by atomic mass is 10.1. The second-order valence-electron chi connectivity index (χ2n) is 6.18. The normalized spacial score (nSPS) is 18.3. The van der Waals surface area contributed by atoms with Crippen LogP contribution in [-0.2, 0) is 16.0 Å². The van der Waals surface area contributed by atoms with Gasteiger partial charge in [0, 0.05) is 25.9 Å². The fourth-order valence-corrected chi connectivity index (χ4v) is 3.41. The molecule has 0 spiro atoms. The molecule has 0 radical (unpaired) electrons. The van der Waals surface area contributed by atoms with Gasteiger partial charge >= 0.3 is 0 Å². The fraction of sp³-hybridized carbons (Fsp3) is 0.733. The van der Waals surface area contributed by atoms with Crippen LogP contribution in [0.3, 0.4) is 0 Å². The quantitative estimate of drug-likeness (QED) is 0.835. The second kappa shape index (κ2) is 7.67. The summed E-state index contributed by atoms with van der Waals surface area (Å²) in [6.07, 6.45) is 3.19. The molecule has 2 amide bonds. The fourth-order valence-electron chi connectivity index (χ4n) is 2.46. The van der Waals surface area contributed by atoms with E-state index in [1.165, 1.54) is 11.3 Å². The highest BCUT2D eigenvalue weighted by atomic mass is 32.1. The first-order valence-corrected chi connectivity index (χ1v) is 8.72. The van der Waals surface area contributed by atoms with E-state index in [1.807, 2.05) is 0 Å². The molecule has 1 aliphatic rings. The molecule has 7 heteroatoms.